The maximum Gasteiger partial charge on any atom is 0.472 e. The molecule has 0 aromatic heterocycles. The zero-order valence-corrected chi connectivity index (χ0v) is 62.3. The second-order valence-corrected chi connectivity index (χ2v) is 30.5. The fourth-order valence-corrected chi connectivity index (χ4v) is 12.9. The molecule has 2 unspecified atom stereocenters. The van der Waals surface area contributed by atoms with Crippen LogP contribution in [-0.4, -0.2) is 96.7 Å². The van der Waals surface area contributed by atoms with Crippen LogP contribution in [0.3, 0.4) is 0 Å². The van der Waals surface area contributed by atoms with Crippen LogP contribution < -0.4 is 0 Å². The van der Waals surface area contributed by atoms with Crippen molar-refractivity contribution in [1.29, 1.82) is 0 Å². The Morgan fingerprint density at radius 3 is 0.731 bits per heavy atom. The Balaban J connectivity index is 5.24. The molecular formula is C74H144O17P2. The first-order valence-electron chi connectivity index (χ1n) is 38.5. The summed E-state index contributed by atoms with van der Waals surface area (Å²) in [7, 11) is -9.91. The summed E-state index contributed by atoms with van der Waals surface area (Å²) in [5, 5.41) is 10.6. The Morgan fingerprint density at radius 1 is 0.290 bits per heavy atom. The van der Waals surface area contributed by atoms with E-state index in [0.717, 1.165) is 102 Å². The lowest BCUT2D eigenvalue weighted by Crippen LogP contribution is -2.30. The number of esters is 4. The van der Waals surface area contributed by atoms with E-state index in [1.54, 1.807) is 0 Å². The molecule has 0 radical (unpaired) electrons. The molecule has 17 nitrogen and oxygen atoms in total. The zero-order chi connectivity index (χ0) is 68.6. The molecule has 0 heterocycles. The second-order valence-electron chi connectivity index (χ2n) is 27.6. The maximum atomic E-state index is 13.1. The molecule has 0 aromatic carbocycles. The van der Waals surface area contributed by atoms with Crippen molar-refractivity contribution in [2.75, 3.05) is 39.6 Å². The molecule has 3 N–H and O–H groups in total. The van der Waals surface area contributed by atoms with Crippen molar-refractivity contribution in [1.82, 2.24) is 0 Å². The van der Waals surface area contributed by atoms with Crippen molar-refractivity contribution in [2.45, 2.75) is 400 Å². The topological polar surface area (TPSA) is 237 Å². The van der Waals surface area contributed by atoms with Crippen molar-refractivity contribution in [2.24, 2.45) is 11.8 Å². The van der Waals surface area contributed by atoms with Gasteiger partial charge in [0, 0.05) is 25.7 Å². The number of hydrogen-bond acceptors (Lipinski definition) is 15. The first-order chi connectivity index (χ1) is 44.9. The van der Waals surface area contributed by atoms with Crippen molar-refractivity contribution in [3.63, 3.8) is 0 Å². The second kappa shape index (κ2) is 66.0. The molecule has 0 amide bonds. The molecule has 19 heteroatoms. The van der Waals surface area contributed by atoms with Gasteiger partial charge >= 0.3 is 39.5 Å². The average molecular weight is 1370 g/mol. The summed E-state index contributed by atoms with van der Waals surface area (Å²) in [5.41, 5.74) is 0. The van der Waals surface area contributed by atoms with Crippen LogP contribution in [0.1, 0.15) is 382 Å². The van der Waals surface area contributed by atoms with Gasteiger partial charge in [-0.1, -0.05) is 330 Å². The predicted molar refractivity (Wildman–Crippen MR) is 377 cm³/mol. The predicted octanol–water partition coefficient (Wildman–Crippen LogP) is 21.6. The van der Waals surface area contributed by atoms with E-state index < -0.39 is 97.5 Å². The molecule has 0 aliphatic heterocycles. The average Bonchev–Trinajstić information content (AvgIpc) is 3.12. The Kier molecular flexibility index (Phi) is 64.6. The molecule has 0 aromatic rings. The normalized spacial score (nSPS) is 14.1. The number of hydrogen-bond donors (Lipinski definition) is 3. The first kappa shape index (κ1) is 91.1. The largest absolute Gasteiger partial charge is 0.472 e. The van der Waals surface area contributed by atoms with Crippen molar-refractivity contribution in [3.8, 4) is 0 Å². The van der Waals surface area contributed by atoms with Crippen molar-refractivity contribution in [3.05, 3.63) is 0 Å². The molecular weight excluding hydrogens is 1220 g/mol. The number of phosphoric acid groups is 2. The van der Waals surface area contributed by atoms with E-state index in [0.29, 0.717) is 31.6 Å². The fourth-order valence-electron chi connectivity index (χ4n) is 11.3. The number of ether oxygens (including phenoxy) is 4. The number of carbonyl (C=O) groups excluding carboxylic acids is 4. The Hall–Kier alpha value is -1.94. The van der Waals surface area contributed by atoms with Crippen LogP contribution in [0.5, 0.6) is 0 Å². The number of rotatable bonds is 73. The minimum Gasteiger partial charge on any atom is -0.462 e. The van der Waals surface area contributed by atoms with E-state index in [4.69, 9.17) is 37.0 Å². The van der Waals surface area contributed by atoms with Crippen LogP contribution >= 0.6 is 15.6 Å². The van der Waals surface area contributed by atoms with Gasteiger partial charge in [-0.25, -0.2) is 9.13 Å². The number of unbranched alkanes of at least 4 members (excludes halogenated alkanes) is 43. The van der Waals surface area contributed by atoms with Crippen LogP contribution in [0.15, 0.2) is 0 Å². The highest BCUT2D eigenvalue weighted by Crippen LogP contribution is 2.45. The number of carbonyl (C=O) groups is 4. The third kappa shape index (κ3) is 68.4. The minimum atomic E-state index is -4.96. The summed E-state index contributed by atoms with van der Waals surface area (Å²) < 4.78 is 68.4. The number of aliphatic hydroxyl groups excluding tert-OH is 1. The smallest absolute Gasteiger partial charge is 0.462 e. The quantitative estimate of drug-likeness (QED) is 0.0222. The molecule has 0 bridgehead atoms. The maximum absolute atomic E-state index is 13.1. The van der Waals surface area contributed by atoms with E-state index in [2.05, 4.69) is 41.5 Å². The van der Waals surface area contributed by atoms with Gasteiger partial charge in [0.15, 0.2) is 12.2 Å². The minimum absolute atomic E-state index is 0.107. The molecule has 0 aliphatic rings. The molecule has 0 spiro atoms. The molecule has 0 saturated heterocycles. The van der Waals surface area contributed by atoms with Crippen LogP contribution in [-0.2, 0) is 65.4 Å². The lowest BCUT2D eigenvalue weighted by molar-refractivity contribution is -0.161. The molecule has 93 heavy (non-hydrogen) atoms. The van der Waals surface area contributed by atoms with Gasteiger partial charge < -0.3 is 33.8 Å². The lowest BCUT2D eigenvalue weighted by Gasteiger charge is -2.21. The Labute approximate surface area is 568 Å². The molecule has 552 valence electrons. The standard InChI is InChI=1S/C74H144O17P2/c1-7-9-11-13-15-17-19-21-22-23-24-26-30-35-39-47-53-59-73(78)90-69(62-84-71(76)56-50-44-37-33-31-27-28-32-36-42-48-54-66(3)4)64-88-92(80,81)86-60-68(75)61-87-93(82,83)89-65-70(63-85-72(77)57-51-45-41-40-43-49-55-67(5)6)91-74(79)58-52-46-38-34-29-25-20-18-16-14-12-10-8-2/h66-70,75H,7-65H2,1-6H3,(H,80,81)(H,82,83)/t68-,69-,70-/m1/s1. The van der Waals surface area contributed by atoms with Crippen LogP contribution in [0.25, 0.3) is 0 Å². The Morgan fingerprint density at radius 2 is 0.495 bits per heavy atom. The summed E-state index contributed by atoms with van der Waals surface area (Å²) in [4.78, 5) is 72.7. The number of aliphatic hydroxyl groups is 1. The number of phosphoric ester groups is 2. The van der Waals surface area contributed by atoms with E-state index in [-0.39, 0.29) is 25.7 Å². The summed E-state index contributed by atoms with van der Waals surface area (Å²) in [6.07, 6.45) is 52.8. The molecule has 0 saturated carbocycles. The summed E-state index contributed by atoms with van der Waals surface area (Å²) in [6.45, 7) is 9.51. The molecule has 0 aliphatic carbocycles. The molecule has 0 rings (SSSR count). The van der Waals surface area contributed by atoms with E-state index >= 15 is 0 Å². The fraction of sp³-hybridized carbons (Fsp3) is 0.946. The molecule has 5 atom stereocenters. The first-order valence-corrected chi connectivity index (χ1v) is 41.5. The van der Waals surface area contributed by atoms with Gasteiger partial charge in [0.1, 0.15) is 19.3 Å². The van der Waals surface area contributed by atoms with Gasteiger partial charge in [0.05, 0.1) is 26.4 Å². The van der Waals surface area contributed by atoms with Gasteiger partial charge in [0.2, 0.25) is 0 Å². The lowest BCUT2D eigenvalue weighted by atomic mass is 10.0. The highest BCUT2D eigenvalue weighted by atomic mass is 31.2. The van der Waals surface area contributed by atoms with E-state index in [1.165, 1.54) is 193 Å². The summed E-state index contributed by atoms with van der Waals surface area (Å²) in [6, 6.07) is 0. The van der Waals surface area contributed by atoms with Crippen LogP contribution in [0, 0.1) is 11.8 Å². The third-order valence-electron chi connectivity index (χ3n) is 17.2. The summed E-state index contributed by atoms with van der Waals surface area (Å²) >= 11 is 0. The van der Waals surface area contributed by atoms with Gasteiger partial charge in [-0.2, -0.15) is 0 Å². The monoisotopic (exact) mass is 1370 g/mol. The van der Waals surface area contributed by atoms with E-state index in [9.17, 15) is 43.2 Å². The van der Waals surface area contributed by atoms with Crippen molar-refractivity contribution >= 4 is 39.5 Å². The van der Waals surface area contributed by atoms with Gasteiger partial charge in [-0.15, -0.1) is 0 Å². The zero-order valence-electron chi connectivity index (χ0n) is 60.6. The molecule has 0 fully saturated rings. The van der Waals surface area contributed by atoms with Gasteiger partial charge in [-0.05, 0) is 37.5 Å². The van der Waals surface area contributed by atoms with Gasteiger partial charge in [0.25, 0.3) is 0 Å². The Bertz CT molecular complexity index is 1800. The third-order valence-corrected chi connectivity index (χ3v) is 19.1. The summed E-state index contributed by atoms with van der Waals surface area (Å²) in [5.74, 6) is -0.668. The van der Waals surface area contributed by atoms with Crippen molar-refractivity contribution < 1.29 is 80.2 Å². The van der Waals surface area contributed by atoms with Gasteiger partial charge in [-0.3, -0.25) is 37.3 Å². The SMILES string of the molecule is CCCCCCCCCCCCCCCCCCCC(=O)O[C@H](COC(=O)CCCCCCCCCCCCCC(C)C)COP(=O)(O)OC[C@@H](O)COP(=O)(O)OC[C@@H](COC(=O)CCCCCCCCC(C)C)OC(=O)CCCCCCCCCCCCCCC. The van der Waals surface area contributed by atoms with Crippen LogP contribution in [0.2, 0.25) is 0 Å². The van der Waals surface area contributed by atoms with Crippen LogP contribution in [0.4, 0.5) is 0 Å². The highest BCUT2D eigenvalue weighted by Gasteiger charge is 2.30. The van der Waals surface area contributed by atoms with E-state index in [1.807, 2.05) is 0 Å². The highest BCUT2D eigenvalue weighted by molar-refractivity contribution is 7.47.